The fraction of sp³-hybridized carbons (Fsp3) is 0.0769. The van der Waals surface area contributed by atoms with E-state index in [1.54, 1.807) is 48.8 Å². The first-order valence-corrected chi connectivity index (χ1v) is 6.79. The third kappa shape index (κ3) is 3.01. The number of aromatic nitrogens is 1. The van der Waals surface area contributed by atoms with Crippen molar-refractivity contribution in [3.8, 4) is 0 Å². The maximum absolute atomic E-state index is 11.9. The molecule has 1 heterocycles. The Kier molecular flexibility index (Phi) is 3.53. The van der Waals surface area contributed by atoms with E-state index in [4.69, 9.17) is 0 Å². The van der Waals surface area contributed by atoms with E-state index in [0.717, 1.165) is 5.56 Å². The van der Waals surface area contributed by atoms with E-state index in [-0.39, 0.29) is 4.90 Å². The van der Waals surface area contributed by atoms with Gasteiger partial charge in [-0.05, 0) is 25.1 Å². The molecule has 0 spiro atoms. The third-order valence-corrected chi connectivity index (χ3v) is 3.59. The van der Waals surface area contributed by atoms with Gasteiger partial charge in [0.15, 0.2) is 0 Å². The first kappa shape index (κ1) is 12.4. The first-order chi connectivity index (χ1) is 8.58. The van der Waals surface area contributed by atoms with Crippen LogP contribution < -0.4 is 0 Å². The summed E-state index contributed by atoms with van der Waals surface area (Å²) in [4.78, 5) is 4.07. The smallest absolute Gasteiger partial charge is 0.264 e. The molecule has 0 saturated carbocycles. The maximum atomic E-state index is 11.9. The van der Waals surface area contributed by atoms with Gasteiger partial charge in [0, 0.05) is 24.2 Å². The Bertz CT molecular complexity index is 647. The number of hydrogen-bond donors (Lipinski definition) is 0. The van der Waals surface area contributed by atoms with Gasteiger partial charge in [0.2, 0.25) is 0 Å². The predicted octanol–water partition coefficient (Wildman–Crippen LogP) is 2.20. The molecule has 4 nitrogen and oxygen atoms in total. The Morgan fingerprint density at radius 2 is 1.89 bits per heavy atom. The molecule has 0 unspecified atom stereocenters. The summed E-state index contributed by atoms with van der Waals surface area (Å²) in [6.45, 7) is 1.90. The number of aryl methyl sites for hydroxylation is 1. The molecule has 0 saturated heterocycles. The number of nitrogens with zero attached hydrogens (tertiary/aromatic N) is 2. The maximum Gasteiger partial charge on any atom is 0.282 e. The van der Waals surface area contributed by atoms with E-state index in [0.29, 0.717) is 5.56 Å². The van der Waals surface area contributed by atoms with Crippen molar-refractivity contribution in [3.05, 3.63) is 59.9 Å². The quantitative estimate of drug-likeness (QED) is 0.795. The lowest BCUT2D eigenvalue weighted by atomic mass is 10.2. The molecular formula is C13H12N2O2S. The minimum absolute atomic E-state index is 0.188. The predicted molar refractivity (Wildman–Crippen MR) is 70.2 cm³/mol. The van der Waals surface area contributed by atoms with Crippen molar-refractivity contribution in [1.82, 2.24) is 4.98 Å². The third-order valence-electron chi connectivity index (χ3n) is 2.34. The second kappa shape index (κ2) is 5.10. The number of hydrogen-bond acceptors (Lipinski definition) is 3. The van der Waals surface area contributed by atoms with E-state index in [1.807, 2.05) is 6.92 Å². The Balaban J connectivity index is 2.28. The number of benzene rings is 1. The summed E-state index contributed by atoms with van der Waals surface area (Å²) in [6, 6.07) is 10.0. The molecule has 0 radical (unpaired) electrons. The molecule has 0 amide bonds. The van der Waals surface area contributed by atoms with Gasteiger partial charge in [-0.15, -0.1) is 0 Å². The molecular weight excluding hydrogens is 248 g/mol. The molecule has 0 bridgehead atoms. The molecule has 0 fully saturated rings. The Morgan fingerprint density at radius 1 is 1.17 bits per heavy atom. The molecule has 0 N–H and O–H groups in total. The minimum Gasteiger partial charge on any atom is -0.264 e. The van der Waals surface area contributed by atoms with Crippen molar-refractivity contribution in [1.29, 1.82) is 0 Å². The molecule has 2 aromatic rings. The van der Waals surface area contributed by atoms with E-state index >= 15 is 0 Å². The van der Waals surface area contributed by atoms with Gasteiger partial charge < -0.3 is 0 Å². The van der Waals surface area contributed by atoms with Crippen LogP contribution in [0.2, 0.25) is 0 Å². The summed E-state index contributed by atoms with van der Waals surface area (Å²) < 4.78 is 27.4. The zero-order valence-corrected chi connectivity index (χ0v) is 10.6. The molecule has 0 aliphatic rings. The Morgan fingerprint density at radius 3 is 2.50 bits per heavy atom. The average molecular weight is 260 g/mol. The van der Waals surface area contributed by atoms with Crippen LogP contribution in [-0.2, 0) is 10.0 Å². The van der Waals surface area contributed by atoms with Gasteiger partial charge in [-0.25, -0.2) is 0 Å². The van der Waals surface area contributed by atoms with Crippen molar-refractivity contribution in [2.45, 2.75) is 11.8 Å². The van der Waals surface area contributed by atoms with Crippen LogP contribution in [-0.4, -0.2) is 19.6 Å². The molecule has 0 atom stereocenters. The highest BCUT2D eigenvalue weighted by Gasteiger charge is 2.10. The average Bonchev–Trinajstić information content (AvgIpc) is 2.38. The van der Waals surface area contributed by atoms with Crippen LogP contribution >= 0.6 is 0 Å². The van der Waals surface area contributed by atoms with Crippen LogP contribution in [0.5, 0.6) is 0 Å². The molecule has 0 aliphatic heterocycles. The standard InChI is InChI=1S/C13H12N2O2S/c1-11-4-6-13(7-5-11)18(16,17)15-10-12-3-2-8-14-9-12/h2-10H,1H3/b15-10+. The summed E-state index contributed by atoms with van der Waals surface area (Å²) >= 11 is 0. The van der Waals surface area contributed by atoms with Gasteiger partial charge in [0.05, 0.1) is 4.90 Å². The van der Waals surface area contributed by atoms with Crippen LogP contribution in [0, 0.1) is 6.92 Å². The van der Waals surface area contributed by atoms with E-state index in [1.165, 1.54) is 6.21 Å². The summed E-state index contributed by atoms with van der Waals surface area (Å²) in [5.41, 5.74) is 1.65. The minimum atomic E-state index is -3.63. The number of pyridine rings is 1. The van der Waals surface area contributed by atoms with Crippen LogP contribution in [0.25, 0.3) is 0 Å². The number of sulfonamides is 1. The second-order valence-electron chi connectivity index (χ2n) is 3.81. The van der Waals surface area contributed by atoms with Crippen LogP contribution in [0.4, 0.5) is 0 Å². The van der Waals surface area contributed by atoms with Crippen molar-refractivity contribution < 1.29 is 8.42 Å². The van der Waals surface area contributed by atoms with Gasteiger partial charge >= 0.3 is 0 Å². The van der Waals surface area contributed by atoms with Gasteiger partial charge in [0.1, 0.15) is 0 Å². The lowest BCUT2D eigenvalue weighted by Crippen LogP contribution is -1.97. The molecule has 5 heteroatoms. The Hall–Kier alpha value is -2.01. The summed E-state index contributed by atoms with van der Waals surface area (Å²) in [7, 11) is -3.63. The zero-order chi connectivity index (χ0) is 13.0. The topological polar surface area (TPSA) is 59.4 Å². The summed E-state index contributed by atoms with van der Waals surface area (Å²) in [5.74, 6) is 0. The molecule has 2 rings (SSSR count). The van der Waals surface area contributed by atoms with Crippen LogP contribution in [0.15, 0.2) is 58.1 Å². The Labute approximate surface area is 106 Å². The van der Waals surface area contributed by atoms with Crippen molar-refractivity contribution in [2.24, 2.45) is 4.40 Å². The fourth-order valence-corrected chi connectivity index (χ4v) is 2.22. The molecule has 1 aromatic heterocycles. The van der Waals surface area contributed by atoms with Crippen LogP contribution in [0.3, 0.4) is 0 Å². The fourth-order valence-electron chi connectivity index (χ4n) is 1.35. The van der Waals surface area contributed by atoms with Gasteiger partial charge in [-0.1, -0.05) is 23.8 Å². The highest BCUT2D eigenvalue weighted by molar-refractivity contribution is 7.90. The van der Waals surface area contributed by atoms with E-state index in [2.05, 4.69) is 9.38 Å². The zero-order valence-electron chi connectivity index (χ0n) is 9.82. The molecule has 18 heavy (non-hydrogen) atoms. The molecule has 1 aromatic carbocycles. The van der Waals surface area contributed by atoms with Gasteiger partial charge in [0.25, 0.3) is 10.0 Å². The van der Waals surface area contributed by atoms with E-state index in [9.17, 15) is 8.42 Å². The van der Waals surface area contributed by atoms with E-state index < -0.39 is 10.0 Å². The first-order valence-electron chi connectivity index (χ1n) is 5.35. The van der Waals surface area contributed by atoms with Crippen molar-refractivity contribution in [2.75, 3.05) is 0 Å². The highest BCUT2D eigenvalue weighted by atomic mass is 32.2. The highest BCUT2D eigenvalue weighted by Crippen LogP contribution is 2.12. The van der Waals surface area contributed by atoms with Gasteiger partial charge in [-0.2, -0.15) is 12.8 Å². The second-order valence-corrected chi connectivity index (χ2v) is 5.44. The summed E-state index contributed by atoms with van der Waals surface area (Å²) in [5, 5.41) is 0. The largest absolute Gasteiger partial charge is 0.282 e. The van der Waals surface area contributed by atoms with Crippen molar-refractivity contribution >= 4 is 16.2 Å². The lowest BCUT2D eigenvalue weighted by molar-refractivity contribution is 0.598. The SMILES string of the molecule is Cc1ccc(S(=O)(=O)/N=C/c2cccnc2)cc1. The lowest BCUT2D eigenvalue weighted by Gasteiger charge is -1.99. The summed E-state index contributed by atoms with van der Waals surface area (Å²) in [6.07, 6.45) is 4.46. The van der Waals surface area contributed by atoms with Crippen LogP contribution in [0.1, 0.15) is 11.1 Å². The molecule has 0 aliphatic carbocycles. The molecule has 92 valence electrons. The monoisotopic (exact) mass is 260 g/mol. The normalized spacial score (nSPS) is 11.8. The van der Waals surface area contributed by atoms with Gasteiger partial charge in [-0.3, -0.25) is 4.98 Å². The number of rotatable bonds is 3. The van der Waals surface area contributed by atoms with Crippen molar-refractivity contribution in [3.63, 3.8) is 0 Å².